The molecule has 0 spiro atoms. The van der Waals surface area contributed by atoms with Gasteiger partial charge in [-0.25, -0.2) is 4.68 Å². The quantitative estimate of drug-likeness (QED) is 0.371. The highest BCUT2D eigenvalue weighted by molar-refractivity contribution is 7.18. The minimum absolute atomic E-state index is 0.0333. The van der Waals surface area contributed by atoms with Gasteiger partial charge in [-0.2, -0.15) is 5.10 Å². The number of ketones is 1. The van der Waals surface area contributed by atoms with Crippen molar-refractivity contribution < 1.29 is 9.90 Å². The fourth-order valence-electron chi connectivity index (χ4n) is 3.29. The van der Waals surface area contributed by atoms with Crippen LogP contribution in [-0.2, 0) is 5.60 Å². The van der Waals surface area contributed by atoms with Crippen molar-refractivity contribution in [3.05, 3.63) is 83.0 Å². The van der Waals surface area contributed by atoms with Gasteiger partial charge in [-0.3, -0.25) is 4.79 Å². The summed E-state index contributed by atoms with van der Waals surface area (Å²) in [6.07, 6.45) is 0. The number of para-hydroxylation sites is 1. The molecule has 0 aliphatic heterocycles. The zero-order valence-corrected chi connectivity index (χ0v) is 18.5. The van der Waals surface area contributed by atoms with Crippen LogP contribution in [0.2, 0.25) is 5.02 Å². The van der Waals surface area contributed by atoms with Crippen LogP contribution in [-0.4, -0.2) is 20.7 Å². The largest absolute Gasteiger partial charge is 0.384 e. The van der Waals surface area contributed by atoms with E-state index in [2.05, 4.69) is 5.10 Å². The Morgan fingerprint density at radius 2 is 1.70 bits per heavy atom. The lowest BCUT2D eigenvalue weighted by molar-refractivity contribution is 0.0734. The molecule has 0 atom stereocenters. The molecule has 0 saturated heterocycles. The van der Waals surface area contributed by atoms with Crippen molar-refractivity contribution in [1.29, 1.82) is 0 Å². The van der Waals surface area contributed by atoms with Gasteiger partial charge >= 0.3 is 0 Å². The van der Waals surface area contributed by atoms with E-state index in [0.29, 0.717) is 16.3 Å². The number of aromatic nitrogens is 2. The molecular weight excluding hydrogens is 416 g/mol. The summed E-state index contributed by atoms with van der Waals surface area (Å²) < 4.78 is 1.77. The molecule has 30 heavy (non-hydrogen) atoms. The van der Waals surface area contributed by atoms with Crippen LogP contribution in [0.15, 0.2) is 66.7 Å². The number of halogens is 1. The molecule has 0 aliphatic rings. The molecule has 6 heteroatoms. The Balaban J connectivity index is 1.87. The second kappa shape index (κ2) is 7.84. The molecule has 2 aromatic heterocycles. The van der Waals surface area contributed by atoms with E-state index in [1.54, 1.807) is 36.8 Å². The van der Waals surface area contributed by atoms with Crippen LogP contribution in [0.4, 0.5) is 0 Å². The van der Waals surface area contributed by atoms with Crippen molar-refractivity contribution in [2.24, 2.45) is 0 Å². The van der Waals surface area contributed by atoms with Gasteiger partial charge in [0.15, 0.2) is 5.78 Å². The molecule has 0 radical (unpaired) electrons. The number of carbonyl (C=O) groups is 1. The van der Waals surface area contributed by atoms with Gasteiger partial charge in [0.2, 0.25) is 0 Å². The Morgan fingerprint density at radius 1 is 1.03 bits per heavy atom. The first kappa shape index (κ1) is 20.5. The summed E-state index contributed by atoms with van der Waals surface area (Å²) in [4.78, 5) is 14.0. The van der Waals surface area contributed by atoms with Crippen molar-refractivity contribution >= 4 is 28.7 Å². The monoisotopic (exact) mass is 436 g/mol. The number of Topliss-reactive ketones (excluding diaryl/α,β-unsaturated/α-hetero) is 1. The maximum absolute atomic E-state index is 12.1. The van der Waals surface area contributed by atoms with Gasteiger partial charge in [-0.1, -0.05) is 48.0 Å². The molecule has 0 fully saturated rings. The van der Waals surface area contributed by atoms with E-state index in [4.69, 9.17) is 11.6 Å². The summed E-state index contributed by atoms with van der Waals surface area (Å²) in [5, 5.41) is 15.8. The third-order valence-electron chi connectivity index (χ3n) is 4.85. The Labute approximate surface area is 184 Å². The highest BCUT2D eigenvalue weighted by Crippen LogP contribution is 2.38. The minimum Gasteiger partial charge on any atom is -0.384 e. The number of benzene rings is 2. The first-order valence-electron chi connectivity index (χ1n) is 9.54. The van der Waals surface area contributed by atoms with Crippen LogP contribution >= 0.6 is 22.9 Å². The molecule has 0 bridgehead atoms. The molecule has 0 amide bonds. The molecular formula is C24H21ClN2O2S. The van der Waals surface area contributed by atoms with Gasteiger partial charge in [-0.05, 0) is 51.1 Å². The third-order valence-corrected chi connectivity index (χ3v) is 6.31. The Hall–Kier alpha value is -2.73. The molecule has 1 N–H and O–H groups in total. The smallest absolute Gasteiger partial charge is 0.160 e. The summed E-state index contributed by atoms with van der Waals surface area (Å²) >= 11 is 8.01. The maximum atomic E-state index is 12.1. The molecule has 4 rings (SSSR count). The zero-order chi connectivity index (χ0) is 21.5. The lowest BCUT2D eigenvalue weighted by Gasteiger charge is -2.13. The first-order chi connectivity index (χ1) is 14.3. The molecule has 4 nitrogen and oxygen atoms in total. The van der Waals surface area contributed by atoms with Crippen molar-refractivity contribution in [3.63, 3.8) is 0 Å². The third kappa shape index (κ3) is 3.84. The molecule has 2 aromatic carbocycles. The Morgan fingerprint density at radius 3 is 2.40 bits per heavy atom. The van der Waals surface area contributed by atoms with Gasteiger partial charge in [0.05, 0.1) is 27.0 Å². The van der Waals surface area contributed by atoms with Crippen LogP contribution in [0.25, 0.3) is 26.7 Å². The lowest BCUT2D eigenvalue weighted by atomic mass is 10.0. The summed E-state index contributed by atoms with van der Waals surface area (Å²) in [6, 6.07) is 21.0. The van der Waals surface area contributed by atoms with Gasteiger partial charge in [-0.15, -0.1) is 11.3 Å². The van der Waals surface area contributed by atoms with Crippen molar-refractivity contribution in [3.8, 4) is 26.7 Å². The van der Waals surface area contributed by atoms with Crippen LogP contribution in [0, 0.1) is 0 Å². The molecule has 0 aliphatic carbocycles. The average Bonchev–Trinajstić information content (AvgIpc) is 3.35. The van der Waals surface area contributed by atoms with E-state index in [0.717, 1.165) is 26.7 Å². The van der Waals surface area contributed by atoms with E-state index < -0.39 is 5.60 Å². The van der Waals surface area contributed by atoms with Crippen LogP contribution in [0.5, 0.6) is 0 Å². The topological polar surface area (TPSA) is 55.1 Å². The van der Waals surface area contributed by atoms with Gasteiger partial charge < -0.3 is 5.11 Å². The minimum atomic E-state index is -1.09. The number of hydrogen-bond donors (Lipinski definition) is 1. The fourth-order valence-corrected chi connectivity index (χ4v) is 4.55. The fraction of sp³-hybridized carbons (Fsp3) is 0.167. The number of aliphatic hydroxyl groups is 1. The van der Waals surface area contributed by atoms with Crippen LogP contribution in [0.3, 0.4) is 0 Å². The Kier molecular flexibility index (Phi) is 5.36. The van der Waals surface area contributed by atoms with E-state index in [-0.39, 0.29) is 5.78 Å². The number of thiophene rings is 1. The summed E-state index contributed by atoms with van der Waals surface area (Å²) in [6.45, 7) is 4.99. The van der Waals surface area contributed by atoms with Gasteiger partial charge in [0.1, 0.15) is 5.60 Å². The predicted octanol–water partition coefficient (Wildman–Crippen LogP) is 6.35. The number of carbonyl (C=O) groups excluding carboxylic acids is 1. The molecule has 0 saturated carbocycles. The molecule has 2 heterocycles. The predicted molar refractivity (Wildman–Crippen MR) is 123 cm³/mol. The zero-order valence-electron chi connectivity index (χ0n) is 16.9. The summed E-state index contributed by atoms with van der Waals surface area (Å²) in [5.41, 5.74) is 2.63. The number of rotatable bonds is 5. The number of nitrogens with zero attached hydrogens (tertiary/aromatic N) is 2. The van der Waals surface area contributed by atoms with Crippen LogP contribution < -0.4 is 0 Å². The van der Waals surface area contributed by atoms with Gasteiger partial charge in [0.25, 0.3) is 0 Å². The van der Waals surface area contributed by atoms with Crippen molar-refractivity contribution in [2.75, 3.05) is 0 Å². The van der Waals surface area contributed by atoms with Crippen molar-refractivity contribution in [1.82, 2.24) is 9.78 Å². The second-order valence-electron chi connectivity index (χ2n) is 7.60. The standard InChI is InChI=1S/C24H21ClN2O2S/c1-15(28)16-8-4-5-9-17(16)21-12-13-22(30-21)20-14-23(24(2,3)29)26-27(20)19-11-7-6-10-18(19)25/h4-14,29H,1-3H3. The van der Waals surface area contributed by atoms with Crippen molar-refractivity contribution in [2.45, 2.75) is 26.4 Å². The van der Waals surface area contributed by atoms with Crippen LogP contribution in [0.1, 0.15) is 36.8 Å². The van der Waals surface area contributed by atoms with Gasteiger partial charge in [0, 0.05) is 16.0 Å². The highest BCUT2D eigenvalue weighted by atomic mass is 35.5. The second-order valence-corrected chi connectivity index (χ2v) is 9.09. The highest BCUT2D eigenvalue weighted by Gasteiger charge is 2.24. The Bertz CT molecular complexity index is 1230. The lowest BCUT2D eigenvalue weighted by Crippen LogP contribution is -2.16. The van der Waals surface area contributed by atoms with E-state index >= 15 is 0 Å². The normalized spacial score (nSPS) is 11.6. The maximum Gasteiger partial charge on any atom is 0.160 e. The SMILES string of the molecule is CC(=O)c1ccccc1-c1ccc(-c2cc(C(C)(C)O)nn2-c2ccccc2Cl)s1. The number of hydrogen-bond acceptors (Lipinski definition) is 4. The molecule has 0 unspecified atom stereocenters. The van der Waals surface area contributed by atoms with E-state index in [9.17, 15) is 9.90 Å². The van der Waals surface area contributed by atoms with E-state index in [1.165, 1.54) is 0 Å². The summed E-state index contributed by atoms with van der Waals surface area (Å²) in [7, 11) is 0. The average molecular weight is 437 g/mol. The van der Waals surface area contributed by atoms with E-state index in [1.807, 2.05) is 66.7 Å². The molecule has 152 valence electrons. The molecule has 4 aromatic rings. The first-order valence-corrected chi connectivity index (χ1v) is 10.7. The summed E-state index contributed by atoms with van der Waals surface area (Å²) in [5.74, 6) is 0.0333.